The molecule has 18 heavy (non-hydrogen) atoms. The highest BCUT2D eigenvalue weighted by molar-refractivity contribution is 5.25. The molecule has 0 aliphatic carbocycles. The van der Waals surface area contributed by atoms with Crippen LogP contribution in [0.25, 0.3) is 0 Å². The first-order valence-corrected chi connectivity index (χ1v) is 6.72. The Morgan fingerprint density at radius 3 is 2.72 bits per heavy atom. The van der Waals surface area contributed by atoms with Gasteiger partial charge < -0.3 is 10.1 Å². The summed E-state index contributed by atoms with van der Waals surface area (Å²) in [6.07, 6.45) is 4.20. The highest BCUT2D eigenvalue weighted by Crippen LogP contribution is 2.16. The molecular weight excluding hydrogens is 224 g/mol. The molecule has 1 aromatic rings. The summed E-state index contributed by atoms with van der Waals surface area (Å²) < 4.78 is 5.89. The van der Waals surface area contributed by atoms with Gasteiger partial charge in [0.15, 0.2) is 0 Å². The molecule has 1 atom stereocenters. The summed E-state index contributed by atoms with van der Waals surface area (Å²) in [4.78, 5) is 4.22. The van der Waals surface area contributed by atoms with E-state index in [0.717, 1.165) is 30.8 Å². The smallest absolute Gasteiger partial charge is 0.140 e. The van der Waals surface area contributed by atoms with E-state index in [1.165, 1.54) is 0 Å². The van der Waals surface area contributed by atoms with Gasteiger partial charge in [0.25, 0.3) is 0 Å². The molecule has 0 spiro atoms. The SMILES string of the molecule is Cc1ncccc1OC(C)CCCNC(C)(C)C. The van der Waals surface area contributed by atoms with Crippen LogP contribution in [0.4, 0.5) is 0 Å². The Labute approximate surface area is 111 Å². The summed E-state index contributed by atoms with van der Waals surface area (Å²) in [6, 6.07) is 3.89. The first-order valence-electron chi connectivity index (χ1n) is 6.72. The van der Waals surface area contributed by atoms with Crippen LogP contribution in [0.1, 0.15) is 46.2 Å². The van der Waals surface area contributed by atoms with Crippen LogP contribution in [0.2, 0.25) is 0 Å². The van der Waals surface area contributed by atoms with Gasteiger partial charge in [-0.05, 0) is 66.1 Å². The molecule has 0 bridgehead atoms. The molecule has 0 saturated heterocycles. The third-order valence-corrected chi connectivity index (χ3v) is 2.73. The van der Waals surface area contributed by atoms with E-state index in [-0.39, 0.29) is 11.6 Å². The minimum absolute atomic E-state index is 0.198. The summed E-state index contributed by atoms with van der Waals surface area (Å²) in [7, 11) is 0. The Morgan fingerprint density at radius 2 is 2.11 bits per heavy atom. The molecule has 0 aromatic carbocycles. The molecule has 3 heteroatoms. The Kier molecular flexibility index (Phi) is 5.60. The van der Waals surface area contributed by atoms with Crippen LogP contribution in [-0.4, -0.2) is 23.2 Å². The lowest BCUT2D eigenvalue weighted by atomic mass is 10.1. The van der Waals surface area contributed by atoms with Crippen molar-refractivity contribution in [2.24, 2.45) is 0 Å². The number of ether oxygens (including phenoxy) is 1. The van der Waals surface area contributed by atoms with Gasteiger partial charge in [-0.1, -0.05) is 0 Å². The van der Waals surface area contributed by atoms with Crippen LogP contribution in [0, 0.1) is 6.92 Å². The largest absolute Gasteiger partial charge is 0.489 e. The van der Waals surface area contributed by atoms with Crippen molar-refractivity contribution in [3.05, 3.63) is 24.0 Å². The van der Waals surface area contributed by atoms with Gasteiger partial charge >= 0.3 is 0 Å². The molecular formula is C15H26N2O. The Hall–Kier alpha value is -1.09. The maximum absolute atomic E-state index is 5.89. The van der Waals surface area contributed by atoms with Crippen LogP contribution in [-0.2, 0) is 0 Å². The van der Waals surface area contributed by atoms with E-state index in [0.29, 0.717) is 0 Å². The van der Waals surface area contributed by atoms with E-state index in [9.17, 15) is 0 Å². The third-order valence-electron chi connectivity index (χ3n) is 2.73. The van der Waals surface area contributed by atoms with Crippen molar-refractivity contribution in [2.45, 2.75) is 59.1 Å². The average Bonchev–Trinajstić information content (AvgIpc) is 2.26. The number of nitrogens with one attached hydrogen (secondary N) is 1. The van der Waals surface area contributed by atoms with Crippen LogP contribution in [0.15, 0.2) is 18.3 Å². The molecule has 0 radical (unpaired) electrons. The second-order valence-corrected chi connectivity index (χ2v) is 5.83. The number of hydrogen-bond acceptors (Lipinski definition) is 3. The molecule has 0 fully saturated rings. The minimum atomic E-state index is 0.198. The van der Waals surface area contributed by atoms with Crippen LogP contribution in [0.3, 0.4) is 0 Å². The van der Waals surface area contributed by atoms with E-state index in [4.69, 9.17) is 4.74 Å². The summed E-state index contributed by atoms with van der Waals surface area (Å²) in [6.45, 7) is 11.7. The molecule has 1 heterocycles. The van der Waals surface area contributed by atoms with Gasteiger partial charge in [0.1, 0.15) is 5.75 Å². The monoisotopic (exact) mass is 250 g/mol. The molecule has 0 aliphatic heterocycles. The van der Waals surface area contributed by atoms with Gasteiger partial charge in [0.05, 0.1) is 11.8 Å². The van der Waals surface area contributed by atoms with E-state index in [1.54, 1.807) is 6.20 Å². The van der Waals surface area contributed by atoms with Crippen molar-refractivity contribution in [3.8, 4) is 5.75 Å². The zero-order valence-corrected chi connectivity index (χ0v) is 12.3. The predicted molar refractivity (Wildman–Crippen MR) is 76.1 cm³/mol. The fourth-order valence-corrected chi connectivity index (χ4v) is 1.72. The lowest BCUT2D eigenvalue weighted by Crippen LogP contribution is -2.36. The van der Waals surface area contributed by atoms with E-state index in [2.05, 4.69) is 38.0 Å². The van der Waals surface area contributed by atoms with Gasteiger partial charge in [-0.3, -0.25) is 4.98 Å². The molecule has 3 nitrogen and oxygen atoms in total. The van der Waals surface area contributed by atoms with Crippen molar-refractivity contribution in [3.63, 3.8) is 0 Å². The molecule has 1 aromatic heterocycles. The highest BCUT2D eigenvalue weighted by Gasteiger charge is 2.09. The normalized spacial score (nSPS) is 13.4. The Bertz CT molecular complexity index is 358. The third kappa shape index (κ3) is 6.01. The van der Waals surface area contributed by atoms with Gasteiger partial charge in [0.2, 0.25) is 0 Å². The number of aromatic nitrogens is 1. The number of hydrogen-bond donors (Lipinski definition) is 1. The molecule has 1 rings (SSSR count). The van der Waals surface area contributed by atoms with Crippen molar-refractivity contribution >= 4 is 0 Å². The molecule has 0 saturated carbocycles. The predicted octanol–water partition coefficient (Wildman–Crippen LogP) is 3.33. The zero-order valence-electron chi connectivity index (χ0n) is 12.3. The van der Waals surface area contributed by atoms with E-state index in [1.807, 2.05) is 19.1 Å². The van der Waals surface area contributed by atoms with Gasteiger partial charge in [-0.2, -0.15) is 0 Å². The number of nitrogens with zero attached hydrogens (tertiary/aromatic N) is 1. The number of pyridine rings is 1. The molecule has 0 amide bonds. The summed E-state index contributed by atoms with van der Waals surface area (Å²) in [5, 5.41) is 3.48. The second kappa shape index (κ2) is 6.74. The summed E-state index contributed by atoms with van der Waals surface area (Å²) >= 11 is 0. The summed E-state index contributed by atoms with van der Waals surface area (Å²) in [5.74, 6) is 0.897. The fraction of sp³-hybridized carbons (Fsp3) is 0.667. The maximum Gasteiger partial charge on any atom is 0.140 e. The van der Waals surface area contributed by atoms with E-state index < -0.39 is 0 Å². The van der Waals surface area contributed by atoms with Gasteiger partial charge in [-0.25, -0.2) is 0 Å². The summed E-state index contributed by atoms with van der Waals surface area (Å²) in [5.41, 5.74) is 1.15. The van der Waals surface area contributed by atoms with Crippen molar-refractivity contribution in [1.82, 2.24) is 10.3 Å². The van der Waals surface area contributed by atoms with Crippen molar-refractivity contribution in [2.75, 3.05) is 6.54 Å². The second-order valence-electron chi connectivity index (χ2n) is 5.83. The van der Waals surface area contributed by atoms with Crippen LogP contribution in [0.5, 0.6) is 5.75 Å². The first kappa shape index (κ1) is 15.0. The average molecular weight is 250 g/mol. The van der Waals surface area contributed by atoms with Gasteiger partial charge in [-0.15, -0.1) is 0 Å². The fourth-order valence-electron chi connectivity index (χ4n) is 1.72. The Morgan fingerprint density at radius 1 is 1.39 bits per heavy atom. The molecule has 1 unspecified atom stereocenters. The van der Waals surface area contributed by atoms with Crippen molar-refractivity contribution < 1.29 is 4.74 Å². The number of rotatable bonds is 6. The Balaban J connectivity index is 2.26. The highest BCUT2D eigenvalue weighted by atomic mass is 16.5. The zero-order chi connectivity index (χ0) is 13.6. The lowest BCUT2D eigenvalue weighted by molar-refractivity contribution is 0.203. The maximum atomic E-state index is 5.89. The van der Waals surface area contributed by atoms with Crippen LogP contribution >= 0.6 is 0 Å². The van der Waals surface area contributed by atoms with E-state index >= 15 is 0 Å². The quantitative estimate of drug-likeness (QED) is 0.786. The molecule has 102 valence electrons. The topological polar surface area (TPSA) is 34.1 Å². The molecule has 0 aliphatic rings. The van der Waals surface area contributed by atoms with Gasteiger partial charge in [0, 0.05) is 11.7 Å². The molecule has 1 N–H and O–H groups in total. The lowest BCUT2D eigenvalue weighted by Gasteiger charge is -2.21. The minimum Gasteiger partial charge on any atom is -0.489 e. The van der Waals surface area contributed by atoms with Crippen LogP contribution < -0.4 is 10.1 Å². The standard InChI is InChI=1S/C15H26N2O/c1-12(8-6-11-17-15(3,4)5)18-14-9-7-10-16-13(14)2/h7,9-10,12,17H,6,8,11H2,1-5H3. The first-order chi connectivity index (χ1) is 8.38. The number of aryl methyl sites for hydroxylation is 1. The van der Waals surface area contributed by atoms with Crippen molar-refractivity contribution in [1.29, 1.82) is 0 Å².